The maximum absolute atomic E-state index is 13.7. The van der Waals surface area contributed by atoms with E-state index in [0.29, 0.717) is 12.0 Å². The van der Waals surface area contributed by atoms with Crippen LogP contribution in [0.2, 0.25) is 0 Å². The number of carbonyl (C=O) groups is 2. The first-order chi connectivity index (χ1) is 25.4. The Bertz CT molecular complexity index is 1420. The summed E-state index contributed by atoms with van der Waals surface area (Å²) in [5, 5.41) is 63.2. The Balaban J connectivity index is 1.75. The van der Waals surface area contributed by atoms with Crippen molar-refractivity contribution in [2.75, 3.05) is 39.5 Å². The van der Waals surface area contributed by atoms with Crippen molar-refractivity contribution in [3.8, 4) is 0 Å². The van der Waals surface area contributed by atoms with Crippen molar-refractivity contribution in [2.24, 2.45) is 22.6 Å². The number of ether oxygens (including phenoxy) is 5. The number of rotatable bonds is 17. The van der Waals surface area contributed by atoms with Gasteiger partial charge in [0.05, 0.1) is 48.3 Å². The van der Waals surface area contributed by atoms with Crippen LogP contribution in [0.3, 0.4) is 0 Å². The fourth-order valence-corrected chi connectivity index (χ4v) is 6.60. The summed E-state index contributed by atoms with van der Waals surface area (Å²) >= 11 is 0. The first-order valence-corrected chi connectivity index (χ1v) is 17.9. The average molecular weight is 751 g/mol. The van der Waals surface area contributed by atoms with Crippen LogP contribution in [0.25, 0.3) is 0 Å². The molecular weight excluding hydrogens is 696 g/mol. The molecular formula is C36H54N4O13. The number of guanidine groups is 1. The van der Waals surface area contributed by atoms with Gasteiger partial charge in [-0.1, -0.05) is 18.2 Å². The summed E-state index contributed by atoms with van der Waals surface area (Å²) in [5.41, 5.74) is 6.66. The van der Waals surface area contributed by atoms with E-state index in [0.717, 1.165) is 25.7 Å². The molecule has 0 aromatic rings. The number of nitrogens with two attached hydrogens (primary N) is 1. The molecule has 4 aliphatic rings. The molecule has 1 saturated carbocycles. The number of aliphatic imine (C=N–C) groups is 1. The van der Waals surface area contributed by atoms with Crippen molar-refractivity contribution in [2.45, 2.75) is 95.2 Å². The number of aliphatic carboxylic acids is 1. The molecule has 0 radical (unpaired) electrons. The molecule has 296 valence electrons. The lowest BCUT2D eigenvalue weighted by Crippen LogP contribution is -2.61. The summed E-state index contributed by atoms with van der Waals surface area (Å²) in [6.45, 7) is 6.93. The lowest BCUT2D eigenvalue weighted by molar-refractivity contribution is -0.348. The minimum atomic E-state index is -1.48. The topological polar surface area (TPSA) is 255 Å². The SMILES string of the molecule is C=C[C@H]1[C@H](O[C@@H]2O[C@H](CO)[C@@H](O)[C@H](O)[C@H]2OC(C)C)OC=C(C(=O)OC2CCCC2)[C@H]1/C=C/C1=C(NC(N)=NCCCO)C(C(=O)O)=CN(CCO)C1. The summed E-state index contributed by atoms with van der Waals surface area (Å²) in [7, 11) is 0. The number of esters is 1. The highest BCUT2D eigenvalue weighted by Crippen LogP contribution is 2.38. The summed E-state index contributed by atoms with van der Waals surface area (Å²) in [6, 6.07) is 0. The minimum absolute atomic E-state index is 0.0783. The second-order valence-electron chi connectivity index (χ2n) is 13.5. The van der Waals surface area contributed by atoms with E-state index >= 15 is 0 Å². The Morgan fingerprint density at radius 3 is 2.51 bits per heavy atom. The van der Waals surface area contributed by atoms with E-state index in [1.807, 2.05) is 0 Å². The first-order valence-electron chi connectivity index (χ1n) is 17.9. The highest BCUT2D eigenvalue weighted by Gasteiger charge is 2.49. The van der Waals surface area contributed by atoms with Crippen LogP contribution < -0.4 is 11.1 Å². The summed E-state index contributed by atoms with van der Waals surface area (Å²) in [4.78, 5) is 32.0. The fraction of sp³-hybridized carbons (Fsp3) is 0.639. The zero-order valence-electron chi connectivity index (χ0n) is 30.2. The molecule has 0 amide bonds. The second kappa shape index (κ2) is 20.0. The van der Waals surface area contributed by atoms with E-state index in [-0.39, 0.29) is 61.8 Å². The number of allylic oxidation sites excluding steroid dienone is 1. The van der Waals surface area contributed by atoms with Crippen LogP contribution in [0.15, 0.2) is 64.7 Å². The van der Waals surface area contributed by atoms with Crippen LogP contribution in [-0.4, -0.2) is 142 Å². The van der Waals surface area contributed by atoms with E-state index < -0.39 is 73.5 Å². The lowest BCUT2D eigenvalue weighted by atomic mass is 9.83. The van der Waals surface area contributed by atoms with Crippen molar-refractivity contribution in [3.05, 3.63) is 59.7 Å². The molecule has 53 heavy (non-hydrogen) atoms. The Hall–Kier alpha value is -3.81. The van der Waals surface area contributed by atoms with E-state index in [4.69, 9.17) is 34.5 Å². The molecule has 3 heterocycles. The van der Waals surface area contributed by atoms with Crippen LogP contribution in [-0.2, 0) is 33.3 Å². The van der Waals surface area contributed by atoms with Crippen molar-refractivity contribution in [3.63, 3.8) is 0 Å². The Kier molecular flexibility index (Phi) is 15.9. The van der Waals surface area contributed by atoms with Crippen LogP contribution in [0.4, 0.5) is 0 Å². The third-order valence-corrected chi connectivity index (χ3v) is 9.27. The lowest BCUT2D eigenvalue weighted by Gasteiger charge is -2.44. The summed E-state index contributed by atoms with van der Waals surface area (Å²) in [5.74, 6) is -3.60. The van der Waals surface area contributed by atoms with E-state index in [2.05, 4.69) is 16.9 Å². The third kappa shape index (κ3) is 10.9. The highest BCUT2D eigenvalue weighted by atomic mass is 16.8. The van der Waals surface area contributed by atoms with E-state index in [1.165, 1.54) is 18.5 Å². The minimum Gasteiger partial charge on any atom is -0.478 e. The van der Waals surface area contributed by atoms with Gasteiger partial charge < -0.3 is 70.3 Å². The molecule has 17 heteroatoms. The van der Waals surface area contributed by atoms with E-state index in [9.17, 15) is 35.1 Å². The molecule has 0 bridgehead atoms. The van der Waals surface area contributed by atoms with Crippen LogP contribution >= 0.6 is 0 Å². The standard InChI is InChI=1S/C36H54N4O13/c1-4-23-24(11-10-21-16-40(13-15-42)17-25(32(46)47)28(21)39-36(37)38-12-7-14-41)26(33(48)51-22-8-5-6-9-22)19-49-34(23)53-35-31(50-20(2)3)30(45)29(44)27(18-43)52-35/h4,10-11,17,19-20,22-24,27,29-31,34-35,41-45H,1,5-9,12-16,18H2,2-3H3,(H,46,47)(H3,37,38,39)/b11-10+/t23-,24+,27-,29-,30+,31-,34+,35+/m1/s1. The fourth-order valence-electron chi connectivity index (χ4n) is 6.60. The first kappa shape index (κ1) is 41.9. The quantitative estimate of drug-likeness (QED) is 0.0314. The predicted molar refractivity (Wildman–Crippen MR) is 189 cm³/mol. The number of hydrogen-bond donors (Lipinski definition) is 8. The van der Waals surface area contributed by atoms with Gasteiger partial charge in [0, 0.05) is 38.4 Å². The van der Waals surface area contributed by atoms with Gasteiger partial charge in [-0.2, -0.15) is 0 Å². The molecule has 0 unspecified atom stereocenters. The van der Waals surface area contributed by atoms with Crippen LogP contribution in [0.5, 0.6) is 0 Å². The molecule has 1 aliphatic carbocycles. The van der Waals surface area contributed by atoms with Gasteiger partial charge in [0.1, 0.15) is 30.5 Å². The normalized spacial score (nSPS) is 30.0. The van der Waals surface area contributed by atoms with Gasteiger partial charge in [0.25, 0.3) is 0 Å². The number of hydrogen-bond acceptors (Lipinski definition) is 14. The second-order valence-corrected chi connectivity index (χ2v) is 13.5. The summed E-state index contributed by atoms with van der Waals surface area (Å²) in [6.07, 6.45) is 2.57. The van der Waals surface area contributed by atoms with E-state index in [1.54, 1.807) is 30.9 Å². The highest BCUT2D eigenvalue weighted by molar-refractivity contribution is 5.95. The number of aliphatic hydroxyl groups is 5. The van der Waals surface area contributed by atoms with Crippen molar-refractivity contribution >= 4 is 17.9 Å². The largest absolute Gasteiger partial charge is 0.478 e. The van der Waals surface area contributed by atoms with Gasteiger partial charge >= 0.3 is 11.9 Å². The maximum Gasteiger partial charge on any atom is 0.339 e. The molecule has 4 rings (SSSR count). The van der Waals surface area contributed by atoms with Gasteiger partial charge in [0.2, 0.25) is 6.29 Å². The van der Waals surface area contributed by atoms with Gasteiger partial charge in [-0.15, -0.1) is 6.58 Å². The van der Waals surface area contributed by atoms with Gasteiger partial charge in [-0.05, 0) is 51.5 Å². The number of β-amino-alcohol motifs (C(OH)–C–C–N with tert-alkyl or cyclic N) is 1. The number of aliphatic hydroxyl groups excluding tert-OH is 5. The van der Waals surface area contributed by atoms with Crippen molar-refractivity contribution < 1.29 is 63.9 Å². The monoisotopic (exact) mass is 750 g/mol. The average Bonchev–Trinajstić information content (AvgIpc) is 3.64. The van der Waals surface area contributed by atoms with Crippen molar-refractivity contribution in [1.29, 1.82) is 0 Å². The Labute approximate surface area is 308 Å². The van der Waals surface area contributed by atoms with Gasteiger partial charge in [-0.25, -0.2) is 9.59 Å². The molecule has 0 aromatic carbocycles. The smallest absolute Gasteiger partial charge is 0.339 e. The number of carboxylic acid groups (broad SMARTS) is 1. The van der Waals surface area contributed by atoms with Crippen LogP contribution in [0.1, 0.15) is 46.0 Å². The van der Waals surface area contributed by atoms with Crippen LogP contribution in [0, 0.1) is 11.8 Å². The zero-order valence-corrected chi connectivity index (χ0v) is 30.2. The zero-order chi connectivity index (χ0) is 38.7. The predicted octanol–water partition coefficient (Wildman–Crippen LogP) is -0.247. The molecule has 0 aromatic heterocycles. The third-order valence-electron chi connectivity index (χ3n) is 9.27. The number of nitrogens with one attached hydrogen (secondary N) is 1. The van der Waals surface area contributed by atoms with Crippen molar-refractivity contribution in [1.82, 2.24) is 10.2 Å². The summed E-state index contributed by atoms with van der Waals surface area (Å²) < 4.78 is 29.8. The molecule has 2 fully saturated rings. The Morgan fingerprint density at radius 1 is 1.15 bits per heavy atom. The molecule has 8 atom stereocenters. The molecule has 3 aliphatic heterocycles. The molecule has 9 N–H and O–H groups in total. The molecule has 0 spiro atoms. The number of carboxylic acids is 1. The Morgan fingerprint density at radius 2 is 1.89 bits per heavy atom. The van der Waals surface area contributed by atoms with Gasteiger partial charge in [0.15, 0.2) is 12.2 Å². The molecule has 1 saturated heterocycles. The number of nitrogens with zero attached hydrogens (tertiary/aromatic N) is 2. The van der Waals surface area contributed by atoms with Gasteiger partial charge in [-0.3, -0.25) is 4.99 Å². The number of carbonyl (C=O) groups excluding carboxylic acids is 1. The maximum atomic E-state index is 13.7. The molecule has 17 nitrogen and oxygen atoms in total.